The molecule has 0 radical (unpaired) electrons. The van der Waals surface area contributed by atoms with E-state index >= 15 is 0 Å². The van der Waals surface area contributed by atoms with Crippen LogP contribution >= 0.6 is 0 Å². The lowest BCUT2D eigenvalue weighted by molar-refractivity contribution is 0.0602. The molecule has 98 valence electrons. The van der Waals surface area contributed by atoms with Crippen molar-refractivity contribution in [1.82, 2.24) is 4.98 Å². The van der Waals surface area contributed by atoms with Crippen LogP contribution in [0.4, 0.5) is 5.69 Å². The van der Waals surface area contributed by atoms with Crippen molar-refractivity contribution in [3.8, 4) is 0 Å². The largest absolute Gasteiger partial charge is 0.465 e. The summed E-state index contributed by atoms with van der Waals surface area (Å²) in [5, 5.41) is 2.60. The summed E-state index contributed by atoms with van der Waals surface area (Å²) in [7, 11) is 1.28. The number of nitrogens with one attached hydrogen (secondary N) is 1. The van der Waals surface area contributed by atoms with E-state index in [1.165, 1.54) is 13.5 Å². The van der Waals surface area contributed by atoms with E-state index in [1.54, 1.807) is 31.2 Å². The molecule has 0 spiro atoms. The molecular formula is C13H12N2O4. The van der Waals surface area contributed by atoms with E-state index in [0.717, 1.165) is 0 Å². The molecule has 1 aromatic carbocycles. The van der Waals surface area contributed by atoms with Gasteiger partial charge in [-0.3, -0.25) is 4.79 Å². The maximum absolute atomic E-state index is 12.0. The first-order valence-corrected chi connectivity index (χ1v) is 5.52. The van der Waals surface area contributed by atoms with E-state index in [2.05, 4.69) is 15.0 Å². The normalized spacial score (nSPS) is 10.0. The highest BCUT2D eigenvalue weighted by Gasteiger charge is 2.17. The zero-order chi connectivity index (χ0) is 13.8. The molecule has 0 unspecified atom stereocenters. The number of carbonyl (C=O) groups is 2. The third-order valence-electron chi connectivity index (χ3n) is 2.53. The number of oxazole rings is 1. The molecular weight excluding hydrogens is 248 g/mol. The van der Waals surface area contributed by atoms with Gasteiger partial charge in [0, 0.05) is 0 Å². The maximum atomic E-state index is 12.0. The Hall–Kier alpha value is -2.63. The number of benzene rings is 1. The maximum Gasteiger partial charge on any atom is 0.339 e. The van der Waals surface area contributed by atoms with E-state index in [0.29, 0.717) is 11.4 Å². The van der Waals surface area contributed by atoms with Crippen molar-refractivity contribution in [2.45, 2.75) is 6.92 Å². The molecule has 2 aromatic rings. The second kappa shape index (κ2) is 5.34. The molecule has 0 fully saturated rings. The molecule has 0 saturated carbocycles. The Balaban J connectivity index is 2.27. The third kappa shape index (κ3) is 2.62. The van der Waals surface area contributed by atoms with E-state index in [4.69, 9.17) is 4.42 Å². The number of carbonyl (C=O) groups excluding carboxylic acids is 2. The first-order valence-electron chi connectivity index (χ1n) is 5.52. The summed E-state index contributed by atoms with van der Waals surface area (Å²) in [4.78, 5) is 27.4. The number of hydrogen-bond acceptors (Lipinski definition) is 5. The first-order chi connectivity index (χ1) is 9.13. The zero-order valence-corrected chi connectivity index (χ0v) is 10.5. The van der Waals surface area contributed by atoms with Crippen molar-refractivity contribution in [2.75, 3.05) is 12.4 Å². The number of anilines is 1. The van der Waals surface area contributed by atoms with Gasteiger partial charge in [0.1, 0.15) is 0 Å². The highest BCUT2D eigenvalue weighted by atomic mass is 16.5. The second-order valence-electron chi connectivity index (χ2n) is 3.76. The predicted molar refractivity (Wildman–Crippen MR) is 67.0 cm³/mol. The Labute approximate surface area is 109 Å². The third-order valence-corrected chi connectivity index (χ3v) is 2.53. The standard InChI is InChI=1S/C13H12N2O4/c1-8-11(19-7-14-8)12(16)15-10-6-4-3-5-9(10)13(17)18-2/h3-7H,1-2H3,(H,15,16). The monoisotopic (exact) mass is 260 g/mol. The van der Waals surface area contributed by atoms with Crippen LogP contribution in [0.25, 0.3) is 0 Å². The summed E-state index contributed by atoms with van der Waals surface area (Å²) in [6, 6.07) is 6.56. The minimum atomic E-state index is -0.523. The van der Waals surface area contributed by atoms with Crippen molar-refractivity contribution in [3.05, 3.63) is 47.7 Å². The lowest BCUT2D eigenvalue weighted by atomic mass is 10.1. The first kappa shape index (κ1) is 12.8. The van der Waals surface area contributed by atoms with Crippen molar-refractivity contribution in [1.29, 1.82) is 0 Å². The average molecular weight is 260 g/mol. The van der Waals surface area contributed by atoms with Gasteiger partial charge < -0.3 is 14.5 Å². The summed E-state index contributed by atoms with van der Waals surface area (Å²) >= 11 is 0. The van der Waals surface area contributed by atoms with Gasteiger partial charge in [0.15, 0.2) is 6.39 Å². The number of para-hydroxylation sites is 1. The highest BCUT2D eigenvalue weighted by molar-refractivity contribution is 6.07. The van der Waals surface area contributed by atoms with E-state index in [-0.39, 0.29) is 11.3 Å². The van der Waals surface area contributed by atoms with Gasteiger partial charge in [0.25, 0.3) is 5.91 Å². The van der Waals surface area contributed by atoms with Crippen LogP contribution in [0.5, 0.6) is 0 Å². The SMILES string of the molecule is COC(=O)c1ccccc1NC(=O)c1ocnc1C. The molecule has 1 N–H and O–H groups in total. The molecule has 0 bridgehead atoms. The van der Waals surface area contributed by atoms with Crippen LogP contribution in [0.3, 0.4) is 0 Å². The Morgan fingerprint density at radius 1 is 1.32 bits per heavy atom. The molecule has 19 heavy (non-hydrogen) atoms. The molecule has 0 aliphatic rings. The van der Waals surface area contributed by atoms with Crippen molar-refractivity contribution < 1.29 is 18.7 Å². The van der Waals surface area contributed by atoms with Crippen molar-refractivity contribution >= 4 is 17.6 Å². The molecule has 0 aliphatic heterocycles. The second-order valence-corrected chi connectivity index (χ2v) is 3.76. The molecule has 0 saturated heterocycles. The number of ether oxygens (including phenoxy) is 1. The smallest absolute Gasteiger partial charge is 0.339 e. The lowest BCUT2D eigenvalue weighted by Crippen LogP contribution is -2.15. The van der Waals surface area contributed by atoms with Gasteiger partial charge in [-0.25, -0.2) is 9.78 Å². The number of aromatic nitrogens is 1. The Bertz CT molecular complexity index is 619. The zero-order valence-electron chi connectivity index (χ0n) is 10.5. The molecule has 0 aliphatic carbocycles. The molecule has 1 heterocycles. The molecule has 6 nitrogen and oxygen atoms in total. The van der Waals surface area contributed by atoms with E-state index < -0.39 is 11.9 Å². The van der Waals surface area contributed by atoms with Crippen LogP contribution in [0.2, 0.25) is 0 Å². The fraction of sp³-hybridized carbons (Fsp3) is 0.154. The number of hydrogen-bond donors (Lipinski definition) is 1. The van der Waals surface area contributed by atoms with Crippen molar-refractivity contribution in [2.24, 2.45) is 0 Å². The fourth-order valence-corrected chi connectivity index (χ4v) is 1.58. The quantitative estimate of drug-likeness (QED) is 0.854. The lowest BCUT2D eigenvalue weighted by Gasteiger charge is -2.08. The number of aryl methyl sites for hydroxylation is 1. The van der Waals surface area contributed by atoms with E-state index in [9.17, 15) is 9.59 Å². The fourth-order valence-electron chi connectivity index (χ4n) is 1.58. The van der Waals surface area contributed by atoms with Crippen LogP contribution < -0.4 is 5.32 Å². The van der Waals surface area contributed by atoms with Gasteiger partial charge >= 0.3 is 5.97 Å². The minimum Gasteiger partial charge on any atom is -0.465 e. The van der Waals surface area contributed by atoms with Crippen molar-refractivity contribution in [3.63, 3.8) is 0 Å². The predicted octanol–water partition coefficient (Wildman–Crippen LogP) is 2.02. The van der Waals surface area contributed by atoms with Crippen LogP contribution in [0.15, 0.2) is 35.1 Å². The summed E-state index contributed by atoms with van der Waals surface area (Å²) in [5.74, 6) is -0.879. The number of rotatable bonds is 3. The Morgan fingerprint density at radius 2 is 2.05 bits per heavy atom. The van der Waals surface area contributed by atoms with E-state index in [1.807, 2.05) is 0 Å². The molecule has 1 amide bonds. The topological polar surface area (TPSA) is 81.4 Å². The number of methoxy groups -OCH3 is 1. The molecule has 6 heteroatoms. The number of amides is 1. The van der Waals surface area contributed by atoms with Crippen LogP contribution in [0, 0.1) is 6.92 Å². The van der Waals surface area contributed by atoms with Gasteiger partial charge in [-0.1, -0.05) is 12.1 Å². The van der Waals surface area contributed by atoms with Gasteiger partial charge in [-0.05, 0) is 19.1 Å². The van der Waals surface area contributed by atoms with Gasteiger partial charge in [-0.15, -0.1) is 0 Å². The minimum absolute atomic E-state index is 0.111. The molecule has 0 atom stereocenters. The van der Waals surface area contributed by atoms with Crippen LogP contribution in [-0.2, 0) is 4.74 Å². The Kier molecular flexibility index (Phi) is 3.61. The molecule has 2 rings (SSSR count). The van der Waals surface area contributed by atoms with Gasteiger partial charge in [-0.2, -0.15) is 0 Å². The summed E-state index contributed by atoms with van der Waals surface area (Å²) in [6.07, 6.45) is 1.19. The highest BCUT2D eigenvalue weighted by Crippen LogP contribution is 2.17. The average Bonchev–Trinajstić information content (AvgIpc) is 2.85. The number of esters is 1. The van der Waals surface area contributed by atoms with Crippen LogP contribution in [-0.4, -0.2) is 24.0 Å². The van der Waals surface area contributed by atoms with Gasteiger partial charge in [0.2, 0.25) is 5.76 Å². The van der Waals surface area contributed by atoms with Crippen LogP contribution in [0.1, 0.15) is 26.6 Å². The number of nitrogens with zero attached hydrogens (tertiary/aromatic N) is 1. The molecule has 1 aromatic heterocycles. The summed E-state index contributed by atoms with van der Waals surface area (Å²) in [5.41, 5.74) is 1.11. The van der Waals surface area contributed by atoms with Gasteiger partial charge in [0.05, 0.1) is 24.1 Å². The summed E-state index contributed by atoms with van der Waals surface area (Å²) in [6.45, 7) is 1.66. The summed E-state index contributed by atoms with van der Waals surface area (Å²) < 4.78 is 9.63. The Morgan fingerprint density at radius 3 is 2.68 bits per heavy atom.